The first-order chi connectivity index (χ1) is 9.31. The van der Waals surface area contributed by atoms with Crippen LogP contribution in [0.5, 0.6) is 5.75 Å². The van der Waals surface area contributed by atoms with E-state index >= 15 is 0 Å². The summed E-state index contributed by atoms with van der Waals surface area (Å²) in [7, 11) is 1.70. The zero-order valence-corrected chi connectivity index (χ0v) is 11.4. The third-order valence-corrected chi connectivity index (χ3v) is 4.31. The van der Waals surface area contributed by atoms with E-state index in [0.717, 1.165) is 18.0 Å². The number of nitrogens with two attached hydrogens (primary N) is 1. The molecule has 2 N–H and O–H groups in total. The summed E-state index contributed by atoms with van der Waals surface area (Å²) in [6.45, 7) is 0.814. The summed E-state index contributed by atoms with van der Waals surface area (Å²) >= 11 is 0. The van der Waals surface area contributed by atoms with Gasteiger partial charge in [-0.15, -0.1) is 0 Å². The second-order valence-electron chi connectivity index (χ2n) is 5.35. The molecule has 2 aliphatic rings. The van der Waals surface area contributed by atoms with Crippen LogP contribution in [0, 0.1) is 5.92 Å². The van der Waals surface area contributed by atoms with E-state index in [-0.39, 0.29) is 0 Å². The molecule has 1 saturated carbocycles. The Kier molecular flexibility index (Phi) is 3.32. The van der Waals surface area contributed by atoms with Gasteiger partial charge in [-0.1, -0.05) is 25.0 Å². The van der Waals surface area contributed by atoms with Gasteiger partial charge in [0.05, 0.1) is 25.4 Å². The number of benzene rings is 1. The molecule has 0 amide bonds. The predicted octanol–water partition coefficient (Wildman–Crippen LogP) is 2.39. The van der Waals surface area contributed by atoms with Crippen molar-refractivity contribution in [3.8, 4) is 5.75 Å². The molecular formula is C15H21N3O. The predicted molar refractivity (Wildman–Crippen MR) is 77.7 cm³/mol. The number of anilines is 1. The highest BCUT2D eigenvalue weighted by molar-refractivity contribution is 5.98. The average molecular weight is 259 g/mol. The van der Waals surface area contributed by atoms with Crippen molar-refractivity contribution in [1.82, 2.24) is 0 Å². The SMILES string of the molecule is COc1ccccc1N1C(N)=NCC1C1CCCC1. The number of guanidine groups is 1. The Morgan fingerprint density at radius 1 is 1.26 bits per heavy atom. The van der Waals surface area contributed by atoms with Crippen molar-refractivity contribution in [3.05, 3.63) is 24.3 Å². The normalized spacial score (nSPS) is 23.7. The van der Waals surface area contributed by atoms with Crippen molar-refractivity contribution in [2.24, 2.45) is 16.6 Å². The lowest BCUT2D eigenvalue weighted by Gasteiger charge is -2.31. The quantitative estimate of drug-likeness (QED) is 0.906. The van der Waals surface area contributed by atoms with Crippen LogP contribution in [-0.4, -0.2) is 25.7 Å². The Bertz CT molecular complexity index is 480. The molecule has 0 bridgehead atoms. The maximum absolute atomic E-state index is 6.11. The summed E-state index contributed by atoms with van der Waals surface area (Å²) in [6, 6.07) is 8.45. The van der Waals surface area contributed by atoms with Gasteiger partial charge >= 0.3 is 0 Å². The molecule has 1 aliphatic carbocycles. The van der Waals surface area contributed by atoms with Crippen LogP contribution in [0.3, 0.4) is 0 Å². The standard InChI is InChI=1S/C15H21N3O/c1-19-14-9-5-4-8-12(14)18-13(10-17-15(18)16)11-6-2-3-7-11/h4-5,8-9,11,13H,2-3,6-7,10H2,1H3,(H2,16,17). The van der Waals surface area contributed by atoms with Crippen LogP contribution in [0.2, 0.25) is 0 Å². The monoisotopic (exact) mass is 259 g/mol. The number of ether oxygens (including phenoxy) is 1. The largest absolute Gasteiger partial charge is 0.495 e. The first-order valence-electron chi connectivity index (χ1n) is 7.03. The number of hydrogen-bond acceptors (Lipinski definition) is 4. The van der Waals surface area contributed by atoms with Crippen LogP contribution in [0.1, 0.15) is 25.7 Å². The highest BCUT2D eigenvalue weighted by Gasteiger charge is 2.36. The van der Waals surface area contributed by atoms with E-state index in [0.29, 0.717) is 17.9 Å². The first kappa shape index (κ1) is 12.3. The van der Waals surface area contributed by atoms with Crippen molar-refractivity contribution in [2.45, 2.75) is 31.7 Å². The molecule has 0 radical (unpaired) electrons. The molecule has 1 atom stereocenters. The fourth-order valence-electron chi connectivity index (χ4n) is 3.35. The smallest absolute Gasteiger partial charge is 0.196 e. The first-order valence-corrected chi connectivity index (χ1v) is 7.03. The van der Waals surface area contributed by atoms with E-state index in [1.54, 1.807) is 7.11 Å². The third kappa shape index (κ3) is 2.15. The molecule has 1 aromatic carbocycles. The summed E-state index contributed by atoms with van der Waals surface area (Å²) in [6.07, 6.45) is 5.25. The van der Waals surface area contributed by atoms with Gasteiger partial charge in [-0.25, -0.2) is 0 Å². The van der Waals surface area contributed by atoms with Gasteiger partial charge in [0, 0.05) is 0 Å². The van der Waals surface area contributed by atoms with E-state index in [2.05, 4.69) is 16.0 Å². The minimum absolute atomic E-state index is 0.402. The molecule has 102 valence electrons. The molecule has 0 saturated heterocycles. The molecule has 1 aromatic rings. The molecule has 1 heterocycles. The van der Waals surface area contributed by atoms with Gasteiger partial charge in [0.2, 0.25) is 0 Å². The Morgan fingerprint density at radius 2 is 2.00 bits per heavy atom. The number of nitrogens with zero attached hydrogens (tertiary/aromatic N) is 2. The molecule has 0 spiro atoms. The van der Waals surface area contributed by atoms with Crippen molar-refractivity contribution in [1.29, 1.82) is 0 Å². The van der Waals surface area contributed by atoms with Crippen molar-refractivity contribution in [2.75, 3.05) is 18.6 Å². The maximum atomic E-state index is 6.11. The average Bonchev–Trinajstić information content (AvgIpc) is 3.07. The van der Waals surface area contributed by atoms with Crippen LogP contribution in [0.15, 0.2) is 29.3 Å². The van der Waals surface area contributed by atoms with Gasteiger partial charge in [-0.2, -0.15) is 0 Å². The fraction of sp³-hybridized carbons (Fsp3) is 0.533. The fourth-order valence-corrected chi connectivity index (χ4v) is 3.35. The van der Waals surface area contributed by atoms with Gasteiger partial charge in [-0.05, 0) is 30.9 Å². The lowest BCUT2D eigenvalue weighted by Crippen LogP contribution is -2.44. The highest BCUT2D eigenvalue weighted by atomic mass is 16.5. The summed E-state index contributed by atoms with van der Waals surface area (Å²) in [5.74, 6) is 2.20. The van der Waals surface area contributed by atoms with Crippen LogP contribution >= 0.6 is 0 Å². The molecule has 0 aromatic heterocycles. The number of aliphatic imine (C=N–C) groups is 1. The Hall–Kier alpha value is -1.71. The molecule has 1 unspecified atom stereocenters. The van der Waals surface area contributed by atoms with Gasteiger partial charge in [0.15, 0.2) is 5.96 Å². The number of methoxy groups -OCH3 is 1. The zero-order chi connectivity index (χ0) is 13.2. The lowest BCUT2D eigenvalue weighted by atomic mass is 9.97. The van der Waals surface area contributed by atoms with E-state index in [1.165, 1.54) is 25.7 Å². The molecule has 4 nitrogen and oxygen atoms in total. The second-order valence-corrected chi connectivity index (χ2v) is 5.35. The third-order valence-electron chi connectivity index (χ3n) is 4.31. The van der Waals surface area contributed by atoms with E-state index in [4.69, 9.17) is 10.5 Å². The Morgan fingerprint density at radius 3 is 2.74 bits per heavy atom. The van der Waals surface area contributed by atoms with Crippen LogP contribution in [-0.2, 0) is 0 Å². The van der Waals surface area contributed by atoms with Crippen molar-refractivity contribution in [3.63, 3.8) is 0 Å². The highest BCUT2D eigenvalue weighted by Crippen LogP contribution is 2.37. The Labute approximate surface area is 114 Å². The van der Waals surface area contributed by atoms with Crippen LogP contribution in [0.25, 0.3) is 0 Å². The van der Waals surface area contributed by atoms with Crippen molar-refractivity contribution < 1.29 is 4.74 Å². The Balaban J connectivity index is 1.93. The minimum atomic E-state index is 0.402. The number of hydrogen-bond donors (Lipinski definition) is 1. The van der Waals surface area contributed by atoms with Gasteiger partial charge < -0.3 is 15.4 Å². The molecule has 1 fully saturated rings. The van der Waals surface area contributed by atoms with Gasteiger partial charge in [0.1, 0.15) is 5.75 Å². The minimum Gasteiger partial charge on any atom is -0.495 e. The van der Waals surface area contributed by atoms with Crippen LogP contribution in [0.4, 0.5) is 5.69 Å². The molecular weight excluding hydrogens is 238 g/mol. The van der Waals surface area contributed by atoms with E-state index in [9.17, 15) is 0 Å². The summed E-state index contributed by atoms with van der Waals surface area (Å²) < 4.78 is 5.46. The molecule has 1 aliphatic heterocycles. The summed E-state index contributed by atoms with van der Waals surface area (Å²) in [5.41, 5.74) is 7.16. The molecule has 3 rings (SSSR count). The maximum Gasteiger partial charge on any atom is 0.196 e. The van der Waals surface area contributed by atoms with Gasteiger partial charge in [-0.3, -0.25) is 4.99 Å². The number of para-hydroxylation sites is 2. The summed E-state index contributed by atoms with van der Waals surface area (Å²) in [4.78, 5) is 6.64. The lowest BCUT2D eigenvalue weighted by molar-refractivity contribution is 0.409. The van der Waals surface area contributed by atoms with E-state index < -0.39 is 0 Å². The van der Waals surface area contributed by atoms with Gasteiger partial charge in [0.25, 0.3) is 0 Å². The topological polar surface area (TPSA) is 50.9 Å². The summed E-state index contributed by atoms with van der Waals surface area (Å²) in [5, 5.41) is 0. The van der Waals surface area contributed by atoms with Crippen LogP contribution < -0.4 is 15.4 Å². The van der Waals surface area contributed by atoms with Crippen molar-refractivity contribution >= 4 is 11.6 Å². The van der Waals surface area contributed by atoms with E-state index in [1.807, 2.05) is 18.2 Å². The second kappa shape index (κ2) is 5.11. The molecule has 4 heteroatoms. The zero-order valence-electron chi connectivity index (χ0n) is 11.4. The number of rotatable bonds is 3. The molecule has 19 heavy (non-hydrogen) atoms.